The third-order valence-corrected chi connectivity index (χ3v) is 5.18. The van der Waals surface area contributed by atoms with E-state index < -0.39 is 5.91 Å². The van der Waals surface area contributed by atoms with E-state index in [0.717, 1.165) is 15.8 Å². The van der Waals surface area contributed by atoms with Crippen molar-refractivity contribution in [2.24, 2.45) is 4.99 Å². The third kappa shape index (κ3) is 4.35. The van der Waals surface area contributed by atoms with Crippen LogP contribution in [0.1, 0.15) is 34.8 Å². The first-order chi connectivity index (χ1) is 13.5. The van der Waals surface area contributed by atoms with Gasteiger partial charge in [-0.05, 0) is 55.8 Å². The number of benzene rings is 2. The Balaban J connectivity index is 2.01. The number of aryl methyl sites for hydroxylation is 2. The van der Waals surface area contributed by atoms with Gasteiger partial charge in [0.2, 0.25) is 0 Å². The number of thiazole rings is 1. The second-order valence-corrected chi connectivity index (χ2v) is 7.18. The lowest BCUT2D eigenvalue weighted by Gasteiger charge is -2.05. The van der Waals surface area contributed by atoms with Crippen molar-refractivity contribution in [2.45, 2.75) is 26.8 Å². The fourth-order valence-electron chi connectivity index (χ4n) is 2.76. The minimum absolute atomic E-state index is 0.200. The first-order valence-electron chi connectivity index (χ1n) is 8.86. The van der Waals surface area contributed by atoms with Crippen molar-refractivity contribution in [1.82, 2.24) is 4.57 Å². The molecule has 0 bridgehead atoms. The summed E-state index contributed by atoms with van der Waals surface area (Å²) in [7, 11) is 0. The highest BCUT2D eigenvalue weighted by Gasteiger charge is 2.11. The number of esters is 1. The van der Waals surface area contributed by atoms with Gasteiger partial charge in [0.1, 0.15) is 0 Å². The van der Waals surface area contributed by atoms with Gasteiger partial charge in [-0.25, -0.2) is 0 Å². The summed E-state index contributed by atoms with van der Waals surface area (Å²) in [4.78, 5) is 29.2. The van der Waals surface area contributed by atoms with Gasteiger partial charge in [0, 0.05) is 12.1 Å². The van der Waals surface area contributed by atoms with Gasteiger partial charge in [-0.15, -0.1) is 0 Å². The predicted octanol–water partition coefficient (Wildman–Crippen LogP) is 3.58. The number of hydrogen-bond donors (Lipinski definition) is 0. The zero-order valence-corrected chi connectivity index (χ0v) is 16.5. The Hall–Kier alpha value is -3.24. The first kappa shape index (κ1) is 19.5. The Bertz CT molecular complexity index is 1130. The van der Waals surface area contributed by atoms with Gasteiger partial charge >= 0.3 is 5.97 Å². The van der Waals surface area contributed by atoms with Crippen LogP contribution in [0.2, 0.25) is 0 Å². The molecular weight excluding hydrogens is 374 g/mol. The van der Waals surface area contributed by atoms with Crippen LogP contribution in [0.4, 0.5) is 0 Å². The first-order valence-corrected chi connectivity index (χ1v) is 9.68. The number of carbonyl (C=O) groups is 2. The second kappa shape index (κ2) is 8.63. The van der Waals surface area contributed by atoms with Crippen molar-refractivity contribution in [2.75, 3.05) is 6.61 Å². The van der Waals surface area contributed by atoms with Crippen LogP contribution >= 0.6 is 11.3 Å². The highest BCUT2D eigenvalue weighted by molar-refractivity contribution is 7.16. The highest BCUT2D eigenvalue weighted by Crippen LogP contribution is 2.19. The van der Waals surface area contributed by atoms with Crippen LogP contribution in [0.15, 0.2) is 47.5 Å². The lowest BCUT2D eigenvalue weighted by molar-refractivity contribution is -0.143. The van der Waals surface area contributed by atoms with E-state index in [-0.39, 0.29) is 12.4 Å². The van der Waals surface area contributed by atoms with Gasteiger partial charge in [0.25, 0.3) is 5.91 Å². The van der Waals surface area contributed by atoms with Gasteiger partial charge in [-0.3, -0.25) is 9.59 Å². The van der Waals surface area contributed by atoms with E-state index in [9.17, 15) is 9.59 Å². The quantitative estimate of drug-likeness (QED) is 0.620. The third-order valence-electron chi connectivity index (χ3n) is 4.14. The fraction of sp³-hybridized carbons (Fsp3) is 0.238. The van der Waals surface area contributed by atoms with Crippen molar-refractivity contribution in [3.63, 3.8) is 0 Å². The summed E-state index contributed by atoms with van der Waals surface area (Å²) in [5.41, 5.74) is 2.92. The SMILES string of the molecule is CCOC(=O)CCn1c(=NC(=O)c2ccc(C#N)cc2)sc2cc(C)ccc21. The van der Waals surface area contributed by atoms with Crippen molar-refractivity contribution in [3.05, 3.63) is 64.0 Å². The maximum Gasteiger partial charge on any atom is 0.307 e. The van der Waals surface area contributed by atoms with Crippen LogP contribution in [0.5, 0.6) is 0 Å². The molecule has 6 nitrogen and oxygen atoms in total. The Morgan fingerprint density at radius 1 is 1.21 bits per heavy atom. The Labute approximate surface area is 166 Å². The zero-order chi connectivity index (χ0) is 20.1. The van der Waals surface area contributed by atoms with Crippen LogP contribution in [0.25, 0.3) is 10.2 Å². The molecule has 0 aliphatic rings. The van der Waals surface area contributed by atoms with Gasteiger partial charge in [0.05, 0.1) is 34.9 Å². The van der Waals surface area contributed by atoms with Gasteiger partial charge in [0.15, 0.2) is 4.80 Å². The van der Waals surface area contributed by atoms with E-state index in [4.69, 9.17) is 10.00 Å². The van der Waals surface area contributed by atoms with E-state index in [0.29, 0.717) is 29.1 Å². The molecule has 0 saturated carbocycles. The number of nitriles is 1. The van der Waals surface area contributed by atoms with Gasteiger partial charge in [-0.1, -0.05) is 17.4 Å². The summed E-state index contributed by atoms with van der Waals surface area (Å²) >= 11 is 1.40. The van der Waals surface area contributed by atoms with Crippen LogP contribution in [-0.2, 0) is 16.1 Å². The van der Waals surface area contributed by atoms with Crippen molar-refractivity contribution >= 4 is 33.4 Å². The number of ether oxygens (including phenoxy) is 1. The summed E-state index contributed by atoms with van der Waals surface area (Å²) in [5.74, 6) is -0.677. The molecule has 0 N–H and O–H groups in total. The molecule has 142 valence electrons. The number of amides is 1. The molecule has 3 aromatic rings. The molecule has 0 saturated heterocycles. The van der Waals surface area contributed by atoms with E-state index in [2.05, 4.69) is 4.99 Å². The topological polar surface area (TPSA) is 84.5 Å². The van der Waals surface area contributed by atoms with E-state index in [1.54, 1.807) is 31.2 Å². The van der Waals surface area contributed by atoms with Gasteiger partial charge < -0.3 is 9.30 Å². The van der Waals surface area contributed by atoms with Crippen LogP contribution in [0.3, 0.4) is 0 Å². The predicted molar refractivity (Wildman–Crippen MR) is 107 cm³/mol. The molecular formula is C21H19N3O3S. The van der Waals surface area contributed by atoms with Gasteiger partial charge in [-0.2, -0.15) is 10.3 Å². The summed E-state index contributed by atoms with van der Waals surface area (Å²) in [5, 5.41) is 8.89. The molecule has 2 aromatic carbocycles. The normalized spacial score (nSPS) is 11.4. The molecule has 0 fully saturated rings. The number of rotatable bonds is 5. The number of nitrogens with zero attached hydrogens (tertiary/aromatic N) is 3. The van der Waals surface area contributed by atoms with Crippen molar-refractivity contribution in [1.29, 1.82) is 5.26 Å². The van der Waals surface area contributed by atoms with E-state index in [1.165, 1.54) is 11.3 Å². The Morgan fingerprint density at radius 2 is 1.96 bits per heavy atom. The largest absolute Gasteiger partial charge is 0.466 e. The lowest BCUT2D eigenvalue weighted by Crippen LogP contribution is -2.19. The Morgan fingerprint density at radius 3 is 2.64 bits per heavy atom. The minimum Gasteiger partial charge on any atom is -0.466 e. The number of carbonyl (C=O) groups excluding carboxylic acids is 2. The minimum atomic E-state index is -0.391. The van der Waals surface area contributed by atoms with Crippen LogP contribution in [-0.4, -0.2) is 23.1 Å². The molecule has 7 heteroatoms. The summed E-state index contributed by atoms with van der Waals surface area (Å²) in [6, 6.07) is 14.4. The Kier molecular flexibility index (Phi) is 6.02. The smallest absolute Gasteiger partial charge is 0.307 e. The number of aromatic nitrogens is 1. The molecule has 0 unspecified atom stereocenters. The summed E-state index contributed by atoms with van der Waals surface area (Å²) < 4.78 is 7.88. The summed E-state index contributed by atoms with van der Waals surface area (Å²) in [6.45, 7) is 4.48. The van der Waals surface area contributed by atoms with E-state index in [1.807, 2.05) is 35.8 Å². The molecule has 0 aliphatic carbocycles. The highest BCUT2D eigenvalue weighted by atomic mass is 32.1. The molecule has 1 heterocycles. The molecule has 0 spiro atoms. The lowest BCUT2D eigenvalue weighted by atomic mass is 10.1. The number of fused-ring (bicyclic) bond motifs is 1. The van der Waals surface area contributed by atoms with Crippen LogP contribution < -0.4 is 4.80 Å². The van der Waals surface area contributed by atoms with E-state index >= 15 is 0 Å². The molecule has 1 amide bonds. The van der Waals surface area contributed by atoms with Crippen molar-refractivity contribution < 1.29 is 14.3 Å². The fourth-order valence-corrected chi connectivity index (χ4v) is 3.91. The second-order valence-electron chi connectivity index (χ2n) is 6.17. The molecule has 0 aliphatic heterocycles. The maximum absolute atomic E-state index is 12.6. The van der Waals surface area contributed by atoms with Crippen molar-refractivity contribution in [3.8, 4) is 6.07 Å². The average molecular weight is 393 g/mol. The molecule has 1 aromatic heterocycles. The molecule has 3 rings (SSSR count). The maximum atomic E-state index is 12.6. The molecule has 0 atom stereocenters. The molecule has 0 radical (unpaired) electrons. The van der Waals surface area contributed by atoms with Crippen LogP contribution in [0, 0.1) is 18.3 Å². The monoisotopic (exact) mass is 393 g/mol. The zero-order valence-electron chi connectivity index (χ0n) is 15.6. The average Bonchev–Trinajstić information content (AvgIpc) is 3.02. The molecule has 28 heavy (non-hydrogen) atoms. The standard InChI is InChI=1S/C21H19N3O3S/c1-3-27-19(25)10-11-24-17-9-4-14(2)12-18(17)28-21(24)23-20(26)16-7-5-15(13-22)6-8-16/h4-9,12H,3,10-11H2,1-2H3. The summed E-state index contributed by atoms with van der Waals surface area (Å²) in [6.07, 6.45) is 0.200. The number of hydrogen-bond acceptors (Lipinski definition) is 5.